The molecule has 1 aliphatic rings. The van der Waals surface area contributed by atoms with E-state index in [1.54, 1.807) is 0 Å². The second-order valence-corrected chi connectivity index (χ2v) is 8.56. The average Bonchev–Trinajstić information content (AvgIpc) is 2.78. The van der Waals surface area contributed by atoms with E-state index >= 15 is 4.39 Å². The molecule has 192 valence electrons. The molecule has 0 fully saturated rings. The van der Waals surface area contributed by atoms with Crippen molar-refractivity contribution in [3.05, 3.63) is 105 Å². The van der Waals surface area contributed by atoms with E-state index in [-0.39, 0.29) is 17.3 Å². The number of nitrogens with zero attached hydrogens (tertiary/aromatic N) is 1. The number of ether oxygens (including phenoxy) is 1. The maximum Gasteiger partial charge on any atom is 0.416 e. The number of benzene rings is 2. The molecule has 0 unspecified atom stereocenters. The van der Waals surface area contributed by atoms with E-state index in [1.807, 2.05) is 0 Å². The summed E-state index contributed by atoms with van der Waals surface area (Å²) in [6, 6.07) is 9.08. The van der Waals surface area contributed by atoms with E-state index in [1.165, 1.54) is 31.2 Å². The number of pyridine rings is 1. The number of hydrogen-bond acceptors (Lipinski definition) is 2. The van der Waals surface area contributed by atoms with Crippen LogP contribution in [0.5, 0.6) is 0 Å². The quantitative estimate of drug-likeness (QED) is 0.209. The zero-order valence-corrected chi connectivity index (χ0v) is 18.6. The molecule has 4 rings (SSSR count). The van der Waals surface area contributed by atoms with E-state index in [4.69, 9.17) is 4.74 Å². The molecule has 0 N–H and O–H groups in total. The number of aromatic nitrogens is 1. The van der Waals surface area contributed by atoms with Crippen LogP contribution in [0.2, 0.25) is 0 Å². The molecule has 3 nitrogen and oxygen atoms in total. The summed E-state index contributed by atoms with van der Waals surface area (Å²) < 4.78 is 115. The molecule has 1 heterocycles. The summed E-state index contributed by atoms with van der Waals surface area (Å²) >= 11 is 0. The Morgan fingerprint density at radius 3 is 2.08 bits per heavy atom. The largest absolute Gasteiger partial charge is 0.618 e. The van der Waals surface area contributed by atoms with Crippen molar-refractivity contribution in [2.45, 2.75) is 50.0 Å². The van der Waals surface area contributed by atoms with Crippen LogP contribution in [0, 0.1) is 11.0 Å². The van der Waals surface area contributed by atoms with Gasteiger partial charge in [-0.1, -0.05) is 12.1 Å². The predicted molar refractivity (Wildman–Crippen MR) is 112 cm³/mol. The van der Waals surface area contributed by atoms with Gasteiger partial charge in [0.25, 0.3) is 0 Å². The summed E-state index contributed by atoms with van der Waals surface area (Å²) in [7, 11) is 0. The van der Waals surface area contributed by atoms with E-state index in [0.717, 1.165) is 18.3 Å². The van der Waals surface area contributed by atoms with Gasteiger partial charge in [-0.15, -0.1) is 0 Å². The molecule has 11 heteroatoms. The van der Waals surface area contributed by atoms with Crippen molar-refractivity contribution in [2.75, 3.05) is 0 Å². The molecule has 0 bridgehead atoms. The Bertz CT molecular complexity index is 1210. The second-order valence-electron chi connectivity index (χ2n) is 8.56. The van der Waals surface area contributed by atoms with Gasteiger partial charge in [0.05, 0.1) is 23.3 Å². The third-order valence-corrected chi connectivity index (χ3v) is 6.16. The van der Waals surface area contributed by atoms with Crippen molar-refractivity contribution in [1.29, 1.82) is 0 Å². The van der Waals surface area contributed by atoms with Gasteiger partial charge in [-0.25, -0.2) is 8.78 Å². The summed E-state index contributed by atoms with van der Waals surface area (Å²) in [6.07, 6.45) is -13.6. The first-order chi connectivity index (χ1) is 16.8. The Kier molecular flexibility index (Phi) is 6.72. The van der Waals surface area contributed by atoms with E-state index in [0.29, 0.717) is 22.4 Å². The van der Waals surface area contributed by atoms with E-state index < -0.39 is 65.6 Å². The van der Waals surface area contributed by atoms with Crippen LogP contribution in [0.15, 0.2) is 60.8 Å². The molecule has 1 aliphatic carbocycles. The van der Waals surface area contributed by atoms with Crippen LogP contribution in [-0.2, 0) is 17.1 Å². The van der Waals surface area contributed by atoms with Crippen molar-refractivity contribution in [2.24, 2.45) is 0 Å². The molecule has 1 aromatic heterocycles. The van der Waals surface area contributed by atoms with Gasteiger partial charge in [-0.3, -0.25) is 0 Å². The summed E-state index contributed by atoms with van der Waals surface area (Å²) in [5.41, 5.74) is -2.91. The summed E-state index contributed by atoms with van der Waals surface area (Å²) in [4.78, 5) is 0. The van der Waals surface area contributed by atoms with Gasteiger partial charge in [0, 0.05) is 24.0 Å². The fraction of sp³-hybridized carbons (Fsp3) is 0.320. The lowest BCUT2D eigenvalue weighted by molar-refractivity contribution is -0.618. The fourth-order valence-electron chi connectivity index (χ4n) is 4.50. The standard InChI is InChI=1S/C25H19F8NO2/c1-13(15-9-16(24(28,29)30)11-17(10-15)25(31,32)33)36-21-12-20(27)23-19(3-2-8-34(23)35)22(21)14-4-6-18(26)7-5-14/h2-11,13,20-22H,12H2,1H3/t13-,20-,21+,22+/m1/s1. The van der Waals surface area contributed by atoms with Gasteiger partial charge in [-0.05, 0) is 54.4 Å². The lowest BCUT2D eigenvalue weighted by atomic mass is 9.78. The van der Waals surface area contributed by atoms with Crippen LogP contribution in [-0.4, -0.2) is 6.10 Å². The van der Waals surface area contributed by atoms with Gasteiger partial charge in [0.1, 0.15) is 5.82 Å². The summed E-state index contributed by atoms with van der Waals surface area (Å²) in [6.45, 7) is 1.26. The number of alkyl halides is 7. The maximum absolute atomic E-state index is 15.1. The third kappa shape index (κ3) is 5.16. The van der Waals surface area contributed by atoms with Crippen molar-refractivity contribution in [3.63, 3.8) is 0 Å². The summed E-state index contributed by atoms with van der Waals surface area (Å²) in [5, 5.41) is 12.3. The first-order valence-corrected chi connectivity index (χ1v) is 10.8. The number of fused-ring (bicyclic) bond motifs is 1. The molecule has 36 heavy (non-hydrogen) atoms. The topological polar surface area (TPSA) is 36.2 Å². The minimum atomic E-state index is -5.04. The van der Waals surface area contributed by atoms with Gasteiger partial charge in [0.2, 0.25) is 5.69 Å². The molecule has 4 atom stereocenters. The fourth-order valence-corrected chi connectivity index (χ4v) is 4.50. The van der Waals surface area contributed by atoms with Crippen molar-refractivity contribution in [3.8, 4) is 0 Å². The van der Waals surface area contributed by atoms with Crippen LogP contribution in [0.1, 0.15) is 65.0 Å². The zero-order chi connectivity index (χ0) is 26.4. The zero-order valence-electron chi connectivity index (χ0n) is 18.6. The Balaban J connectivity index is 1.76. The Morgan fingerprint density at radius 1 is 0.944 bits per heavy atom. The van der Waals surface area contributed by atoms with Crippen LogP contribution < -0.4 is 4.73 Å². The first-order valence-electron chi connectivity index (χ1n) is 10.8. The molecule has 0 aliphatic heterocycles. The molecular formula is C25H19F8NO2. The number of rotatable bonds is 4. The van der Waals surface area contributed by atoms with Gasteiger partial charge in [0.15, 0.2) is 12.4 Å². The SMILES string of the molecule is C[C@@H](O[C@H]1C[C@@H](F)c2c(ccc[n+]2[O-])[C@@H]1c1ccc(F)cc1)c1cc(C(F)(F)F)cc(C(F)(F)F)c1. The molecule has 0 radical (unpaired) electrons. The third-order valence-electron chi connectivity index (χ3n) is 6.16. The first kappa shape index (κ1) is 25.9. The Morgan fingerprint density at radius 2 is 1.53 bits per heavy atom. The monoisotopic (exact) mass is 517 g/mol. The molecule has 0 saturated heterocycles. The minimum absolute atomic E-state index is 0.0129. The lowest BCUT2D eigenvalue weighted by Crippen LogP contribution is -2.41. The van der Waals surface area contributed by atoms with E-state index in [2.05, 4.69) is 0 Å². The van der Waals surface area contributed by atoms with Crippen molar-refractivity contribution in [1.82, 2.24) is 0 Å². The predicted octanol–water partition coefficient (Wildman–Crippen LogP) is 7.19. The number of halogens is 8. The average molecular weight is 517 g/mol. The van der Waals surface area contributed by atoms with Gasteiger partial charge < -0.3 is 9.94 Å². The Labute approximate surface area is 200 Å². The molecule has 0 amide bonds. The lowest BCUT2D eigenvalue weighted by Gasteiger charge is -2.35. The van der Waals surface area contributed by atoms with Crippen molar-refractivity contribution >= 4 is 0 Å². The second kappa shape index (κ2) is 9.34. The smallest absolute Gasteiger partial charge is 0.416 e. The van der Waals surface area contributed by atoms with Gasteiger partial charge >= 0.3 is 12.4 Å². The molecule has 0 spiro atoms. The van der Waals surface area contributed by atoms with Crippen LogP contribution >= 0.6 is 0 Å². The van der Waals surface area contributed by atoms with Gasteiger partial charge in [-0.2, -0.15) is 31.1 Å². The number of hydrogen-bond donors (Lipinski definition) is 0. The van der Waals surface area contributed by atoms with Crippen LogP contribution in [0.3, 0.4) is 0 Å². The molecule has 0 saturated carbocycles. The van der Waals surface area contributed by atoms with Crippen LogP contribution in [0.25, 0.3) is 0 Å². The van der Waals surface area contributed by atoms with Crippen molar-refractivity contribution < 1.29 is 44.6 Å². The summed E-state index contributed by atoms with van der Waals surface area (Å²) in [5.74, 6) is -1.39. The molecule has 2 aromatic carbocycles. The van der Waals surface area contributed by atoms with Crippen LogP contribution in [0.4, 0.5) is 35.1 Å². The highest BCUT2D eigenvalue weighted by Gasteiger charge is 2.43. The Hall–Kier alpha value is -3.21. The highest BCUT2D eigenvalue weighted by Crippen LogP contribution is 2.45. The minimum Gasteiger partial charge on any atom is -0.618 e. The normalized spacial score (nSPS) is 21.2. The maximum atomic E-state index is 15.1. The highest BCUT2D eigenvalue weighted by atomic mass is 19.4. The molecule has 3 aromatic rings. The molecular weight excluding hydrogens is 498 g/mol. The highest BCUT2D eigenvalue weighted by molar-refractivity contribution is 5.39. The van der Waals surface area contributed by atoms with E-state index in [9.17, 15) is 35.9 Å².